The van der Waals surface area contributed by atoms with Crippen LogP contribution in [0, 0.1) is 13.8 Å². The van der Waals surface area contributed by atoms with Gasteiger partial charge in [0.25, 0.3) is 0 Å². The molecule has 0 saturated heterocycles. The van der Waals surface area contributed by atoms with Crippen molar-refractivity contribution >= 4 is 0 Å². The average Bonchev–Trinajstić information content (AvgIpc) is 2.37. The molecule has 0 radical (unpaired) electrons. The van der Waals surface area contributed by atoms with E-state index in [-0.39, 0.29) is 6.10 Å². The highest BCUT2D eigenvalue weighted by Crippen LogP contribution is 2.31. The van der Waals surface area contributed by atoms with E-state index in [2.05, 4.69) is 6.07 Å². The molecule has 2 nitrogen and oxygen atoms in total. The second-order valence-corrected chi connectivity index (χ2v) is 6.14. The van der Waals surface area contributed by atoms with E-state index in [0.717, 1.165) is 28.0 Å². The molecule has 112 valence electrons. The lowest BCUT2D eigenvalue weighted by Crippen LogP contribution is -2.23. The van der Waals surface area contributed by atoms with Crippen LogP contribution in [-0.4, -0.2) is 11.2 Å². The summed E-state index contributed by atoms with van der Waals surface area (Å²) in [5.74, 6) is 0.824. The molecule has 0 aliphatic heterocycles. The normalized spacial score (nSPS) is 14.0. The fraction of sp³-hybridized carbons (Fsp3) is 0.368. The summed E-state index contributed by atoms with van der Waals surface area (Å²) >= 11 is 0. The Morgan fingerprint density at radius 3 is 1.90 bits per heavy atom. The largest absolute Gasteiger partial charge is 0.491 e. The van der Waals surface area contributed by atoms with Crippen molar-refractivity contribution in [1.82, 2.24) is 0 Å². The van der Waals surface area contributed by atoms with Gasteiger partial charge in [-0.15, -0.1) is 0 Å². The molecule has 2 rings (SSSR count). The number of hydrogen-bond acceptors (Lipinski definition) is 2. The lowest BCUT2D eigenvalue weighted by Gasteiger charge is -2.26. The highest BCUT2D eigenvalue weighted by atomic mass is 16.5. The zero-order valence-corrected chi connectivity index (χ0v) is 13.5. The van der Waals surface area contributed by atoms with E-state index < -0.39 is 5.60 Å². The van der Waals surface area contributed by atoms with Gasteiger partial charge in [0.15, 0.2) is 0 Å². The van der Waals surface area contributed by atoms with Crippen molar-refractivity contribution in [2.75, 3.05) is 0 Å². The van der Waals surface area contributed by atoms with Crippen LogP contribution in [0.25, 0.3) is 0 Å². The summed E-state index contributed by atoms with van der Waals surface area (Å²) < 4.78 is 5.64. The van der Waals surface area contributed by atoms with Crippen molar-refractivity contribution in [2.45, 2.75) is 46.3 Å². The minimum absolute atomic E-state index is 0.149. The standard InChI is InChI=1S/C19H24O2/c1-13(2)21-18-8-6-16(7-9-18)19(5,20)17-11-14(3)10-15(4)12-17/h6-13,20H,1-5H3. The maximum atomic E-state index is 10.9. The Balaban J connectivity index is 2.34. The molecule has 0 amide bonds. The summed E-state index contributed by atoms with van der Waals surface area (Å²) in [5, 5.41) is 10.9. The van der Waals surface area contributed by atoms with Crippen LogP contribution in [0.2, 0.25) is 0 Å². The molecule has 0 spiro atoms. The van der Waals surface area contributed by atoms with Gasteiger partial charge in [0.2, 0.25) is 0 Å². The van der Waals surface area contributed by atoms with E-state index in [4.69, 9.17) is 4.74 Å². The fourth-order valence-corrected chi connectivity index (χ4v) is 2.55. The third-order valence-electron chi connectivity index (χ3n) is 3.57. The maximum Gasteiger partial charge on any atom is 0.119 e. The van der Waals surface area contributed by atoms with Crippen LogP contribution in [0.1, 0.15) is 43.0 Å². The minimum atomic E-state index is -1.01. The SMILES string of the molecule is Cc1cc(C)cc(C(C)(O)c2ccc(OC(C)C)cc2)c1. The molecule has 1 atom stereocenters. The molecular weight excluding hydrogens is 260 g/mol. The van der Waals surface area contributed by atoms with Gasteiger partial charge in [0.05, 0.1) is 6.10 Å². The first kappa shape index (κ1) is 15.6. The summed E-state index contributed by atoms with van der Waals surface area (Å²) in [4.78, 5) is 0. The number of ether oxygens (including phenoxy) is 1. The lowest BCUT2D eigenvalue weighted by atomic mass is 9.86. The van der Waals surface area contributed by atoms with Crippen molar-refractivity contribution in [1.29, 1.82) is 0 Å². The third-order valence-corrected chi connectivity index (χ3v) is 3.57. The Hall–Kier alpha value is -1.80. The minimum Gasteiger partial charge on any atom is -0.491 e. The zero-order chi connectivity index (χ0) is 15.6. The van der Waals surface area contributed by atoms with Crippen LogP contribution >= 0.6 is 0 Å². The molecule has 2 aromatic carbocycles. The summed E-state index contributed by atoms with van der Waals surface area (Å²) in [6, 6.07) is 13.8. The summed E-state index contributed by atoms with van der Waals surface area (Å²) in [7, 11) is 0. The number of rotatable bonds is 4. The van der Waals surface area contributed by atoms with Crippen molar-refractivity contribution in [3.05, 3.63) is 64.7 Å². The van der Waals surface area contributed by atoms with E-state index >= 15 is 0 Å². The number of benzene rings is 2. The Labute approximate surface area is 127 Å². The van der Waals surface area contributed by atoms with Gasteiger partial charge in [-0.05, 0) is 57.9 Å². The molecule has 21 heavy (non-hydrogen) atoms. The van der Waals surface area contributed by atoms with Crippen LogP contribution in [0.5, 0.6) is 5.75 Å². The molecule has 0 aromatic heterocycles. The molecule has 1 unspecified atom stereocenters. The molecular formula is C19H24O2. The summed E-state index contributed by atoms with van der Waals surface area (Å²) in [6.45, 7) is 9.93. The monoisotopic (exact) mass is 284 g/mol. The predicted molar refractivity (Wildman–Crippen MR) is 86.8 cm³/mol. The van der Waals surface area contributed by atoms with E-state index in [1.54, 1.807) is 0 Å². The van der Waals surface area contributed by atoms with Crippen molar-refractivity contribution in [3.63, 3.8) is 0 Å². The van der Waals surface area contributed by atoms with E-state index in [1.807, 2.05) is 71.0 Å². The second-order valence-electron chi connectivity index (χ2n) is 6.14. The Bertz CT molecular complexity index is 590. The van der Waals surface area contributed by atoms with Crippen LogP contribution in [0.15, 0.2) is 42.5 Å². The van der Waals surface area contributed by atoms with Gasteiger partial charge in [0.1, 0.15) is 11.4 Å². The van der Waals surface area contributed by atoms with Gasteiger partial charge < -0.3 is 9.84 Å². The van der Waals surface area contributed by atoms with Crippen molar-refractivity contribution in [2.24, 2.45) is 0 Å². The van der Waals surface area contributed by atoms with Crippen LogP contribution in [-0.2, 0) is 5.60 Å². The molecule has 0 bridgehead atoms. The van der Waals surface area contributed by atoms with Gasteiger partial charge in [-0.3, -0.25) is 0 Å². The van der Waals surface area contributed by atoms with Gasteiger partial charge >= 0.3 is 0 Å². The van der Waals surface area contributed by atoms with E-state index in [1.165, 1.54) is 0 Å². The highest BCUT2D eigenvalue weighted by molar-refractivity contribution is 5.41. The van der Waals surface area contributed by atoms with Crippen molar-refractivity contribution in [3.8, 4) is 5.75 Å². The molecule has 2 heteroatoms. The Kier molecular flexibility index (Phi) is 4.38. The van der Waals surface area contributed by atoms with Crippen LogP contribution in [0.4, 0.5) is 0 Å². The summed E-state index contributed by atoms with van der Waals surface area (Å²) in [6.07, 6.45) is 0.149. The third kappa shape index (κ3) is 3.64. The van der Waals surface area contributed by atoms with Crippen molar-refractivity contribution < 1.29 is 9.84 Å². The van der Waals surface area contributed by atoms with Crippen LogP contribution < -0.4 is 4.74 Å². The second kappa shape index (κ2) is 5.90. The Morgan fingerprint density at radius 2 is 1.43 bits per heavy atom. The highest BCUT2D eigenvalue weighted by Gasteiger charge is 2.26. The molecule has 0 saturated carbocycles. The van der Waals surface area contributed by atoms with Gasteiger partial charge in [-0.1, -0.05) is 41.5 Å². The average molecular weight is 284 g/mol. The quantitative estimate of drug-likeness (QED) is 0.904. The molecule has 1 N–H and O–H groups in total. The number of aryl methyl sites for hydroxylation is 2. The molecule has 0 heterocycles. The number of hydrogen-bond donors (Lipinski definition) is 1. The predicted octanol–water partition coefficient (Wildman–Crippen LogP) is 4.35. The van der Waals surface area contributed by atoms with Crippen LogP contribution in [0.3, 0.4) is 0 Å². The fourth-order valence-electron chi connectivity index (χ4n) is 2.55. The first-order valence-corrected chi connectivity index (χ1v) is 7.37. The molecule has 0 fully saturated rings. The maximum absolute atomic E-state index is 10.9. The Morgan fingerprint density at radius 1 is 0.905 bits per heavy atom. The van der Waals surface area contributed by atoms with E-state index in [9.17, 15) is 5.11 Å². The lowest BCUT2D eigenvalue weighted by molar-refractivity contribution is 0.102. The van der Waals surface area contributed by atoms with Gasteiger partial charge in [-0.2, -0.15) is 0 Å². The van der Waals surface area contributed by atoms with Gasteiger partial charge in [-0.25, -0.2) is 0 Å². The smallest absolute Gasteiger partial charge is 0.119 e. The first-order chi connectivity index (χ1) is 9.79. The first-order valence-electron chi connectivity index (χ1n) is 7.37. The number of aliphatic hydroxyl groups is 1. The van der Waals surface area contributed by atoms with Gasteiger partial charge in [0, 0.05) is 0 Å². The molecule has 2 aromatic rings. The summed E-state index contributed by atoms with van der Waals surface area (Å²) in [5.41, 5.74) is 3.09. The topological polar surface area (TPSA) is 29.5 Å². The van der Waals surface area contributed by atoms with E-state index in [0.29, 0.717) is 0 Å². The molecule has 0 aliphatic rings. The molecule has 0 aliphatic carbocycles. The zero-order valence-electron chi connectivity index (χ0n) is 13.5.